The largest absolute Gasteiger partial charge is 0.416 e. The Kier molecular flexibility index (Phi) is 3.28. The Bertz CT molecular complexity index is 395. The van der Waals surface area contributed by atoms with Crippen LogP contribution in [-0.2, 0) is 12.7 Å². The van der Waals surface area contributed by atoms with Gasteiger partial charge >= 0.3 is 6.18 Å². The number of hydrogen-bond donors (Lipinski definition) is 1. The van der Waals surface area contributed by atoms with Crippen LogP contribution in [0.2, 0.25) is 0 Å². The Balaban J connectivity index is 2.34. The minimum atomic E-state index is -4.30. The number of hydrogen-bond acceptors (Lipinski definition) is 2. The number of anilines is 1. The molecule has 94 valence electrons. The van der Waals surface area contributed by atoms with Crippen LogP contribution >= 0.6 is 0 Å². The number of rotatable bonds is 2. The lowest BCUT2D eigenvalue weighted by atomic mass is 10.1. The van der Waals surface area contributed by atoms with Crippen molar-refractivity contribution in [2.75, 3.05) is 18.0 Å². The summed E-state index contributed by atoms with van der Waals surface area (Å²) >= 11 is 0. The Morgan fingerprint density at radius 2 is 1.82 bits per heavy atom. The lowest BCUT2D eigenvalue weighted by Crippen LogP contribution is -2.20. The summed E-state index contributed by atoms with van der Waals surface area (Å²) in [6, 6.07) is 3.83. The molecule has 2 rings (SSSR count). The molecule has 1 aromatic rings. The fourth-order valence-electron chi connectivity index (χ4n) is 2.19. The molecular weight excluding hydrogens is 229 g/mol. The third-order valence-electron chi connectivity index (χ3n) is 3.07. The molecule has 2 nitrogen and oxygen atoms in total. The van der Waals surface area contributed by atoms with E-state index < -0.39 is 11.7 Å². The molecule has 1 aliphatic rings. The van der Waals surface area contributed by atoms with E-state index in [2.05, 4.69) is 4.90 Å². The highest BCUT2D eigenvalue weighted by atomic mass is 19.4. The zero-order chi connectivity index (χ0) is 12.5. The molecule has 0 unspecified atom stereocenters. The molecule has 2 N–H and O–H groups in total. The summed E-state index contributed by atoms with van der Waals surface area (Å²) in [6.45, 7) is 1.94. The van der Waals surface area contributed by atoms with Crippen molar-refractivity contribution in [2.45, 2.75) is 25.6 Å². The minimum Gasteiger partial charge on any atom is -0.371 e. The molecule has 0 radical (unpaired) electrons. The van der Waals surface area contributed by atoms with Gasteiger partial charge in [0.25, 0.3) is 0 Å². The van der Waals surface area contributed by atoms with Crippen molar-refractivity contribution in [1.82, 2.24) is 0 Å². The van der Waals surface area contributed by atoms with Gasteiger partial charge in [-0.2, -0.15) is 13.2 Å². The van der Waals surface area contributed by atoms with E-state index in [0.717, 1.165) is 43.8 Å². The summed E-state index contributed by atoms with van der Waals surface area (Å²) in [6.07, 6.45) is -2.12. The van der Waals surface area contributed by atoms with E-state index in [1.54, 1.807) is 0 Å². The highest BCUT2D eigenvalue weighted by molar-refractivity contribution is 5.56. The van der Waals surface area contributed by atoms with E-state index in [4.69, 9.17) is 5.73 Å². The first-order valence-electron chi connectivity index (χ1n) is 5.67. The van der Waals surface area contributed by atoms with Crippen molar-refractivity contribution in [1.29, 1.82) is 0 Å². The number of halogens is 3. The predicted octanol–water partition coefficient (Wildman–Crippen LogP) is 2.76. The van der Waals surface area contributed by atoms with E-state index in [9.17, 15) is 13.2 Å². The molecule has 1 fully saturated rings. The second-order valence-electron chi connectivity index (χ2n) is 4.24. The molecule has 0 aromatic heterocycles. The standard InChI is InChI=1S/C12H15F3N2/c13-12(14,15)10-3-4-11(9(7-10)8-16)17-5-1-2-6-17/h3-4,7H,1-2,5-6,8,16H2. The second kappa shape index (κ2) is 4.56. The van der Waals surface area contributed by atoms with Crippen molar-refractivity contribution < 1.29 is 13.2 Å². The molecule has 0 bridgehead atoms. The van der Waals surface area contributed by atoms with Crippen LogP contribution in [-0.4, -0.2) is 13.1 Å². The fraction of sp³-hybridized carbons (Fsp3) is 0.500. The molecule has 1 aromatic carbocycles. The summed E-state index contributed by atoms with van der Waals surface area (Å²) in [5.74, 6) is 0. The average molecular weight is 244 g/mol. The first-order chi connectivity index (χ1) is 8.02. The molecule has 0 atom stereocenters. The fourth-order valence-corrected chi connectivity index (χ4v) is 2.19. The van der Waals surface area contributed by atoms with Gasteiger partial charge in [0.1, 0.15) is 0 Å². The Morgan fingerprint density at radius 1 is 1.18 bits per heavy atom. The van der Waals surface area contributed by atoms with E-state index in [1.807, 2.05) is 0 Å². The number of nitrogens with zero attached hydrogens (tertiary/aromatic N) is 1. The maximum atomic E-state index is 12.6. The van der Waals surface area contributed by atoms with E-state index in [0.29, 0.717) is 5.56 Å². The van der Waals surface area contributed by atoms with Crippen LogP contribution < -0.4 is 10.6 Å². The Morgan fingerprint density at radius 3 is 2.35 bits per heavy atom. The molecule has 0 amide bonds. The predicted molar refractivity (Wildman–Crippen MR) is 60.8 cm³/mol. The van der Waals surface area contributed by atoms with Crippen LogP contribution in [0.3, 0.4) is 0 Å². The summed E-state index contributed by atoms with van der Waals surface area (Å²) in [4.78, 5) is 2.10. The van der Waals surface area contributed by atoms with Gasteiger partial charge in [-0.25, -0.2) is 0 Å². The average Bonchev–Trinajstić information content (AvgIpc) is 2.80. The van der Waals surface area contributed by atoms with Gasteiger partial charge in [0.15, 0.2) is 0 Å². The lowest BCUT2D eigenvalue weighted by Gasteiger charge is -2.22. The van der Waals surface area contributed by atoms with Gasteiger partial charge in [-0.3, -0.25) is 0 Å². The summed E-state index contributed by atoms with van der Waals surface area (Å²) in [7, 11) is 0. The number of benzene rings is 1. The van der Waals surface area contributed by atoms with Crippen LogP contribution in [0, 0.1) is 0 Å². The molecule has 1 heterocycles. The van der Waals surface area contributed by atoms with Crippen LogP contribution in [0.4, 0.5) is 18.9 Å². The SMILES string of the molecule is NCc1cc(C(F)(F)F)ccc1N1CCCC1. The molecular formula is C12H15F3N2. The highest BCUT2D eigenvalue weighted by Crippen LogP contribution is 2.33. The van der Waals surface area contributed by atoms with Crippen LogP contribution in [0.25, 0.3) is 0 Å². The second-order valence-corrected chi connectivity index (χ2v) is 4.24. The van der Waals surface area contributed by atoms with Crippen molar-refractivity contribution in [2.24, 2.45) is 5.73 Å². The molecule has 0 spiro atoms. The van der Waals surface area contributed by atoms with E-state index in [1.165, 1.54) is 6.07 Å². The maximum absolute atomic E-state index is 12.6. The molecule has 0 saturated carbocycles. The Hall–Kier alpha value is -1.23. The number of alkyl halides is 3. The summed E-state index contributed by atoms with van der Waals surface area (Å²) in [5.41, 5.74) is 6.33. The summed E-state index contributed by atoms with van der Waals surface area (Å²) < 4.78 is 37.7. The highest BCUT2D eigenvalue weighted by Gasteiger charge is 2.31. The molecule has 0 aliphatic carbocycles. The zero-order valence-electron chi connectivity index (χ0n) is 9.43. The van der Waals surface area contributed by atoms with Crippen molar-refractivity contribution in [3.63, 3.8) is 0 Å². The monoisotopic (exact) mass is 244 g/mol. The van der Waals surface area contributed by atoms with Crippen LogP contribution in [0.1, 0.15) is 24.0 Å². The first kappa shape index (κ1) is 12.2. The normalized spacial score (nSPS) is 16.6. The molecule has 5 heteroatoms. The summed E-state index contributed by atoms with van der Waals surface area (Å²) in [5, 5.41) is 0. The zero-order valence-corrected chi connectivity index (χ0v) is 9.43. The van der Waals surface area contributed by atoms with E-state index >= 15 is 0 Å². The molecule has 1 saturated heterocycles. The third kappa shape index (κ3) is 2.54. The minimum absolute atomic E-state index is 0.135. The van der Waals surface area contributed by atoms with Gasteiger partial charge in [0.2, 0.25) is 0 Å². The third-order valence-corrected chi connectivity index (χ3v) is 3.07. The quantitative estimate of drug-likeness (QED) is 0.866. The van der Waals surface area contributed by atoms with Gasteiger partial charge in [-0.1, -0.05) is 0 Å². The van der Waals surface area contributed by atoms with Gasteiger partial charge < -0.3 is 10.6 Å². The lowest BCUT2D eigenvalue weighted by molar-refractivity contribution is -0.137. The topological polar surface area (TPSA) is 29.3 Å². The van der Waals surface area contributed by atoms with Crippen molar-refractivity contribution >= 4 is 5.69 Å². The van der Waals surface area contributed by atoms with Crippen molar-refractivity contribution in [3.8, 4) is 0 Å². The van der Waals surface area contributed by atoms with Crippen LogP contribution in [0.5, 0.6) is 0 Å². The first-order valence-corrected chi connectivity index (χ1v) is 5.67. The molecule has 17 heavy (non-hydrogen) atoms. The van der Waals surface area contributed by atoms with Gasteiger partial charge in [-0.15, -0.1) is 0 Å². The van der Waals surface area contributed by atoms with Gasteiger partial charge in [0.05, 0.1) is 5.56 Å². The smallest absolute Gasteiger partial charge is 0.371 e. The van der Waals surface area contributed by atoms with E-state index in [-0.39, 0.29) is 6.54 Å². The Labute approximate surface area is 98.2 Å². The van der Waals surface area contributed by atoms with Gasteiger partial charge in [0, 0.05) is 25.3 Å². The number of nitrogens with two attached hydrogens (primary N) is 1. The van der Waals surface area contributed by atoms with Crippen molar-refractivity contribution in [3.05, 3.63) is 29.3 Å². The van der Waals surface area contributed by atoms with Crippen LogP contribution in [0.15, 0.2) is 18.2 Å². The van der Waals surface area contributed by atoms with Gasteiger partial charge in [-0.05, 0) is 36.6 Å². The maximum Gasteiger partial charge on any atom is 0.416 e. The molecule has 1 aliphatic heterocycles.